The van der Waals surface area contributed by atoms with Gasteiger partial charge < -0.3 is 0 Å². The van der Waals surface area contributed by atoms with Gasteiger partial charge in [-0.1, -0.05) is 0 Å². The van der Waals surface area contributed by atoms with E-state index < -0.39 is 0 Å². The van der Waals surface area contributed by atoms with Crippen LogP contribution in [0.5, 0.6) is 0 Å². The van der Waals surface area contributed by atoms with Gasteiger partial charge in [-0.3, -0.25) is 0 Å². The third kappa shape index (κ3) is 1.18. The number of hydrogen-bond donors (Lipinski definition) is 0. The summed E-state index contributed by atoms with van der Waals surface area (Å²) < 4.78 is 3.18. The Kier molecular flexibility index (Phi) is 2.18. The molecular weight excluding hydrogens is 283 g/mol. The molecule has 0 bridgehead atoms. The monoisotopic (exact) mass is 288 g/mol. The van der Waals surface area contributed by atoms with Crippen LogP contribution in [0, 0.1) is 0 Å². The molecule has 0 N–H and O–H groups in total. The van der Waals surface area contributed by atoms with E-state index in [0.717, 1.165) is 15.2 Å². The van der Waals surface area contributed by atoms with Gasteiger partial charge in [0.15, 0.2) is 0 Å². The van der Waals surface area contributed by atoms with E-state index in [-0.39, 0.29) is 14.5 Å². The van der Waals surface area contributed by atoms with Gasteiger partial charge >= 0.3 is 84.3 Å². The van der Waals surface area contributed by atoms with Gasteiger partial charge in [0.05, 0.1) is 0 Å². The summed E-state index contributed by atoms with van der Waals surface area (Å²) in [6.45, 7) is 0. The maximum absolute atomic E-state index is 10.6. The van der Waals surface area contributed by atoms with E-state index in [4.69, 9.17) is 0 Å². The molecule has 1 aromatic heterocycles. The fraction of sp³-hybridized carbons (Fsp3) is 0. The van der Waals surface area contributed by atoms with Gasteiger partial charge in [0.1, 0.15) is 0 Å². The Hall–Kier alpha value is -0.371. The molecule has 60 valence electrons. The second-order valence-electron chi connectivity index (χ2n) is 2.39. The molecule has 0 aliphatic carbocycles. The van der Waals surface area contributed by atoms with Crippen LogP contribution >= 0.6 is 15.9 Å². The molecule has 0 unspecified atom stereocenters. The minimum absolute atomic E-state index is 0.206. The molecule has 2 rings (SSSR count). The molecule has 1 nitrogen and oxygen atoms in total. The van der Waals surface area contributed by atoms with Crippen molar-refractivity contribution >= 4 is 46.4 Å². The van der Waals surface area contributed by atoms with Crippen LogP contribution in [0.3, 0.4) is 0 Å². The van der Waals surface area contributed by atoms with Crippen molar-refractivity contribution in [2.75, 3.05) is 0 Å². The second kappa shape index (κ2) is 3.17. The van der Waals surface area contributed by atoms with Gasteiger partial charge in [-0.15, -0.1) is 0 Å². The molecule has 1 aromatic carbocycles. The van der Waals surface area contributed by atoms with Gasteiger partial charge in [0.25, 0.3) is 0 Å². The molecule has 0 aliphatic heterocycles. The molecule has 0 radical (unpaired) electrons. The summed E-state index contributed by atoms with van der Waals surface area (Å²) in [5.74, 6) is 0. The average Bonchev–Trinajstić information content (AvgIpc) is 2.44. The third-order valence-corrected chi connectivity index (χ3v) is 5.41. The van der Waals surface area contributed by atoms with Crippen LogP contribution < -0.4 is 0 Å². The van der Waals surface area contributed by atoms with Crippen LogP contribution in [0.2, 0.25) is 0 Å². The zero-order valence-electron chi connectivity index (χ0n) is 6.08. The van der Waals surface area contributed by atoms with Gasteiger partial charge in [-0.2, -0.15) is 0 Å². The number of carbonyl (C=O) groups excluding carboxylic acids is 1. The topological polar surface area (TPSA) is 17.1 Å². The quantitative estimate of drug-likeness (QED) is 0.582. The van der Waals surface area contributed by atoms with Crippen LogP contribution in [0.25, 0.3) is 9.65 Å². The molecule has 0 fully saturated rings. The molecule has 0 spiro atoms. The van der Waals surface area contributed by atoms with Gasteiger partial charge in [0, 0.05) is 0 Å². The number of halogens is 1. The zero-order chi connectivity index (χ0) is 8.55. The molecule has 12 heavy (non-hydrogen) atoms. The van der Waals surface area contributed by atoms with Crippen molar-refractivity contribution in [2.24, 2.45) is 0 Å². The first-order chi connectivity index (χ1) is 5.83. The standard InChI is InChI=1S/C9H5BrOSe/c10-9-6-3-1-2-4-7(6)12-8(9)5-11/h1-5H. The number of rotatable bonds is 1. The Bertz CT molecular complexity index is 433. The molecule has 2 aromatic rings. The van der Waals surface area contributed by atoms with Crippen molar-refractivity contribution in [2.45, 2.75) is 0 Å². The molecule has 3 heteroatoms. The summed E-state index contributed by atoms with van der Waals surface area (Å²) in [6.07, 6.45) is 0.948. The van der Waals surface area contributed by atoms with E-state index in [0.29, 0.717) is 0 Å². The van der Waals surface area contributed by atoms with E-state index in [1.165, 1.54) is 9.65 Å². The summed E-state index contributed by atoms with van der Waals surface area (Å²) >= 11 is 3.63. The first kappa shape index (κ1) is 8.24. The minimum atomic E-state index is 0.206. The normalized spacial score (nSPS) is 10.4. The molecule has 0 aliphatic rings. The SMILES string of the molecule is O=Cc1[se]c2ccccc2c1Br. The third-order valence-electron chi connectivity index (χ3n) is 1.67. The Labute approximate surface area is 84.3 Å². The first-order valence-electron chi connectivity index (χ1n) is 3.45. The zero-order valence-corrected chi connectivity index (χ0v) is 9.38. The summed E-state index contributed by atoms with van der Waals surface area (Å²) in [7, 11) is 0. The summed E-state index contributed by atoms with van der Waals surface area (Å²) in [5, 5.41) is 1.18. The molecule has 0 amide bonds. The molecule has 0 saturated carbocycles. The van der Waals surface area contributed by atoms with Crippen molar-refractivity contribution < 1.29 is 4.79 Å². The molecule has 0 atom stereocenters. The van der Waals surface area contributed by atoms with Crippen LogP contribution in [0.1, 0.15) is 9.23 Å². The number of fused-ring (bicyclic) bond motifs is 1. The molecule has 1 heterocycles. The molecule has 0 saturated heterocycles. The van der Waals surface area contributed by atoms with Crippen LogP contribution in [-0.4, -0.2) is 20.8 Å². The van der Waals surface area contributed by atoms with E-state index in [1.54, 1.807) is 0 Å². The van der Waals surface area contributed by atoms with E-state index in [2.05, 4.69) is 22.0 Å². The first-order valence-corrected chi connectivity index (χ1v) is 5.96. The van der Waals surface area contributed by atoms with Gasteiger partial charge in [-0.05, 0) is 0 Å². The second-order valence-corrected chi connectivity index (χ2v) is 5.46. The average molecular weight is 288 g/mol. The number of aldehydes is 1. The van der Waals surface area contributed by atoms with E-state index in [9.17, 15) is 4.79 Å². The Morgan fingerprint density at radius 1 is 1.33 bits per heavy atom. The predicted molar refractivity (Wildman–Crippen MR) is 54.0 cm³/mol. The Morgan fingerprint density at radius 3 is 2.75 bits per heavy atom. The van der Waals surface area contributed by atoms with E-state index >= 15 is 0 Å². The van der Waals surface area contributed by atoms with Gasteiger partial charge in [-0.25, -0.2) is 0 Å². The fourth-order valence-corrected chi connectivity index (χ4v) is 4.18. The van der Waals surface area contributed by atoms with Gasteiger partial charge in [0.2, 0.25) is 0 Å². The Morgan fingerprint density at radius 2 is 2.08 bits per heavy atom. The predicted octanol–water partition coefficient (Wildman–Crippen LogP) is 2.47. The van der Waals surface area contributed by atoms with Crippen LogP contribution in [-0.2, 0) is 0 Å². The van der Waals surface area contributed by atoms with Crippen molar-refractivity contribution in [1.29, 1.82) is 0 Å². The number of hydrogen-bond acceptors (Lipinski definition) is 1. The molecular formula is C9H5BrOSe. The fourth-order valence-electron chi connectivity index (χ4n) is 1.11. The summed E-state index contributed by atoms with van der Waals surface area (Å²) in [6, 6.07) is 8.11. The number of carbonyl (C=O) groups is 1. The maximum atomic E-state index is 10.6. The van der Waals surface area contributed by atoms with Crippen molar-refractivity contribution in [3.63, 3.8) is 0 Å². The van der Waals surface area contributed by atoms with E-state index in [1.807, 2.05) is 18.2 Å². The van der Waals surface area contributed by atoms with Crippen LogP contribution in [0.15, 0.2) is 28.7 Å². The van der Waals surface area contributed by atoms with Crippen LogP contribution in [0.4, 0.5) is 0 Å². The van der Waals surface area contributed by atoms with Crippen molar-refractivity contribution in [3.8, 4) is 0 Å². The van der Waals surface area contributed by atoms with Crippen molar-refractivity contribution in [1.82, 2.24) is 0 Å². The van der Waals surface area contributed by atoms with Crippen molar-refractivity contribution in [3.05, 3.63) is 33.2 Å². The summed E-state index contributed by atoms with van der Waals surface area (Å²) in [4.78, 5) is 10.6. The number of benzene rings is 1. The summed E-state index contributed by atoms with van der Waals surface area (Å²) in [5.41, 5.74) is 0. The Balaban J connectivity index is 2.87.